The Bertz CT molecular complexity index is 821. The molecule has 0 aromatic rings. The highest BCUT2D eigenvalue weighted by Crippen LogP contribution is 2.48. The van der Waals surface area contributed by atoms with E-state index < -0.39 is 40.3 Å². The number of ether oxygens (including phenoxy) is 1. The van der Waals surface area contributed by atoms with Crippen molar-refractivity contribution in [2.75, 3.05) is 13.7 Å². The fourth-order valence-corrected chi connectivity index (χ4v) is 4.79. The molecular weight excluding hydrogens is 412 g/mol. The van der Waals surface area contributed by atoms with Crippen molar-refractivity contribution in [1.29, 1.82) is 0 Å². The number of carbonyl (C=O) groups is 3. The summed E-state index contributed by atoms with van der Waals surface area (Å²) in [5.74, 6) is -2.08. The van der Waals surface area contributed by atoms with Crippen LogP contribution in [-0.2, 0) is 37.9 Å². The van der Waals surface area contributed by atoms with Gasteiger partial charge in [0, 0.05) is 24.4 Å². The molecule has 10 nitrogen and oxygen atoms in total. The van der Waals surface area contributed by atoms with E-state index in [1.807, 2.05) is 0 Å². The molecule has 2 aliphatic heterocycles. The van der Waals surface area contributed by atoms with Gasteiger partial charge in [0.25, 0.3) is 0 Å². The zero-order chi connectivity index (χ0) is 21.1. The number of thioether (sulfide) groups is 1. The Kier molecular flexibility index (Phi) is 7.26. The molecule has 0 bridgehead atoms. The number of hydrogen-bond donors (Lipinski definition) is 1. The monoisotopic (exact) mass is 434 g/mol. The van der Waals surface area contributed by atoms with Crippen molar-refractivity contribution in [1.82, 2.24) is 10.2 Å². The Hall–Kier alpha value is -1.89. The van der Waals surface area contributed by atoms with Crippen LogP contribution in [0.25, 0.3) is 0 Å². The van der Waals surface area contributed by atoms with Crippen LogP contribution in [0.4, 0.5) is 0 Å². The SMILES string of the molecule is CCOS(=O)(=O)O[C@@H](C)[C@@H]1C(=O)N2C(C(=O)OC)=C(SC=CNC(C)=O)C[C@H]12. The molecule has 12 heteroatoms. The lowest BCUT2D eigenvalue weighted by Gasteiger charge is -2.45. The molecule has 0 aliphatic carbocycles. The maximum atomic E-state index is 12.6. The smallest absolute Gasteiger partial charge is 0.400 e. The highest BCUT2D eigenvalue weighted by Gasteiger charge is 2.58. The van der Waals surface area contributed by atoms with Gasteiger partial charge in [0.1, 0.15) is 5.70 Å². The lowest BCUT2D eigenvalue weighted by Crippen LogP contribution is -2.62. The molecule has 0 radical (unpaired) electrons. The molecule has 2 amide bonds. The van der Waals surface area contributed by atoms with Crippen LogP contribution in [0.1, 0.15) is 27.2 Å². The van der Waals surface area contributed by atoms with Crippen molar-refractivity contribution in [3.8, 4) is 0 Å². The molecule has 2 aliphatic rings. The van der Waals surface area contributed by atoms with E-state index in [1.54, 1.807) is 5.41 Å². The van der Waals surface area contributed by atoms with Gasteiger partial charge in [0.2, 0.25) is 11.8 Å². The van der Waals surface area contributed by atoms with Crippen molar-refractivity contribution in [2.24, 2.45) is 5.92 Å². The van der Waals surface area contributed by atoms with E-state index in [0.29, 0.717) is 11.3 Å². The summed E-state index contributed by atoms with van der Waals surface area (Å²) >= 11 is 1.17. The minimum absolute atomic E-state index is 0.0846. The number of rotatable bonds is 9. The number of carbonyl (C=O) groups excluding carboxylic acids is 3. The molecule has 28 heavy (non-hydrogen) atoms. The fourth-order valence-electron chi connectivity index (χ4n) is 3.09. The average molecular weight is 434 g/mol. The molecule has 0 aromatic carbocycles. The first-order chi connectivity index (χ1) is 13.1. The molecular formula is C16H22N2O8S2. The average Bonchev–Trinajstić information content (AvgIpc) is 2.91. The third-order valence-electron chi connectivity index (χ3n) is 4.15. The van der Waals surface area contributed by atoms with Crippen LogP contribution in [0.2, 0.25) is 0 Å². The topological polar surface area (TPSA) is 128 Å². The second kappa shape index (κ2) is 9.07. The Morgan fingerprint density at radius 3 is 2.68 bits per heavy atom. The molecule has 1 N–H and O–H groups in total. The van der Waals surface area contributed by atoms with Gasteiger partial charge in [-0.25, -0.2) is 13.2 Å². The lowest BCUT2D eigenvalue weighted by molar-refractivity contribution is -0.160. The summed E-state index contributed by atoms with van der Waals surface area (Å²) < 4.78 is 37.6. The van der Waals surface area contributed by atoms with Gasteiger partial charge in [-0.3, -0.25) is 9.59 Å². The van der Waals surface area contributed by atoms with E-state index in [-0.39, 0.29) is 18.2 Å². The van der Waals surface area contributed by atoms with Gasteiger partial charge in [0.05, 0.1) is 31.8 Å². The molecule has 2 rings (SSSR count). The summed E-state index contributed by atoms with van der Waals surface area (Å²) in [4.78, 5) is 37.6. The van der Waals surface area contributed by atoms with Crippen LogP contribution in [0.3, 0.4) is 0 Å². The second-order valence-electron chi connectivity index (χ2n) is 6.01. The van der Waals surface area contributed by atoms with Gasteiger partial charge in [-0.05, 0) is 19.3 Å². The fraction of sp³-hybridized carbons (Fsp3) is 0.562. The largest absolute Gasteiger partial charge is 0.464 e. The third kappa shape index (κ3) is 4.74. The predicted molar refractivity (Wildman–Crippen MR) is 99.4 cm³/mol. The summed E-state index contributed by atoms with van der Waals surface area (Å²) in [5.41, 5.74) is 0.117. The lowest BCUT2D eigenvalue weighted by atomic mass is 9.83. The number of nitrogens with one attached hydrogen (secondary N) is 1. The maximum absolute atomic E-state index is 12.6. The Balaban J connectivity index is 2.15. The molecule has 2 heterocycles. The van der Waals surface area contributed by atoms with Crippen molar-refractivity contribution in [2.45, 2.75) is 39.3 Å². The van der Waals surface area contributed by atoms with Crippen molar-refractivity contribution < 1.29 is 35.9 Å². The highest BCUT2D eigenvalue weighted by atomic mass is 32.3. The number of hydrogen-bond acceptors (Lipinski definition) is 9. The highest BCUT2D eigenvalue weighted by molar-refractivity contribution is 8.05. The summed E-state index contributed by atoms with van der Waals surface area (Å²) in [6, 6.07) is -0.426. The molecule has 1 saturated heterocycles. The van der Waals surface area contributed by atoms with Crippen LogP contribution in [0.15, 0.2) is 22.2 Å². The normalized spacial score (nSPS) is 22.9. The first kappa shape index (κ1) is 22.4. The molecule has 156 valence electrons. The first-order valence-electron chi connectivity index (χ1n) is 8.43. The van der Waals surface area contributed by atoms with Crippen LogP contribution in [0, 0.1) is 5.92 Å². The van der Waals surface area contributed by atoms with Crippen molar-refractivity contribution >= 4 is 39.9 Å². The Morgan fingerprint density at radius 2 is 2.11 bits per heavy atom. The molecule has 3 atom stereocenters. The number of nitrogens with zero attached hydrogens (tertiary/aromatic N) is 1. The minimum atomic E-state index is -4.21. The summed E-state index contributed by atoms with van der Waals surface area (Å²) in [6.45, 7) is 4.24. The van der Waals surface area contributed by atoms with Gasteiger partial charge in [-0.15, -0.1) is 0 Å². The molecule has 0 aromatic heterocycles. The van der Waals surface area contributed by atoms with E-state index in [1.165, 1.54) is 50.7 Å². The summed E-state index contributed by atoms with van der Waals surface area (Å²) in [5, 5.41) is 4.05. The van der Waals surface area contributed by atoms with E-state index in [4.69, 9.17) is 8.92 Å². The number of β-lactam (4-membered cyclic amide) rings is 1. The van der Waals surface area contributed by atoms with Crippen LogP contribution >= 0.6 is 11.8 Å². The van der Waals surface area contributed by atoms with Crippen LogP contribution in [0.5, 0.6) is 0 Å². The zero-order valence-corrected chi connectivity index (χ0v) is 17.5. The van der Waals surface area contributed by atoms with Gasteiger partial charge in [-0.1, -0.05) is 11.8 Å². The van der Waals surface area contributed by atoms with Gasteiger partial charge < -0.3 is 15.0 Å². The number of amides is 2. The zero-order valence-electron chi connectivity index (χ0n) is 15.8. The Morgan fingerprint density at radius 1 is 1.43 bits per heavy atom. The molecule has 0 saturated carbocycles. The Labute approximate surface area is 167 Å². The first-order valence-corrected chi connectivity index (χ1v) is 10.6. The van der Waals surface area contributed by atoms with Crippen molar-refractivity contribution in [3.63, 3.8) is 0 Å². The van der Waals surface area contributed by atoms with Crippen molar-refractivity contribution in [3.05, 3.63) is 22.2 Å². The standard InChI is InChI=1S/C16H22N2O8S2/c1-5-25-28(22,23)26-9(2)13-11-8-12(27-7-6-17-10(3)19)14(16(21)24-4)18(11)15(13)20/h6-7,9,11,13H,5,8H2,1-4H3,(H,17,19)/t9-,11+,13-/m0/s1. The van der Waals surface area contributed by atoms with Gasteiger partial charge in [-0.2, -0.15) is 8.42 Å². The van der Waals surface area contributed by atoms with E-state index in [9.17, 15) is 22.8 Å². The number of fused-ring (bicyclic) bond motifs is 1. The van der Waals surface area contributed by atoms with E-state index in [2.05, 4.69) is 9.50 Å². The minimum Gasteiger partial charge on any atom is -0.464 e. The molecule has 0 unspecified atom stereocenters. The molecule has 0 spiro atoms. The summed E-state index contributed by atoms with van der Waals surface area (Å²) in [7, 11) is -3.00. The van der Waals surface area contributed by atoms with Gasteiger partial charge >= 0.3 is 16.4 Å². The second-order valence-corrected chi connectivity index (χ2v) is 8.25. The maximum Gasteiger partial charge on any atom is 0.400 e. The van der Waals surface area contributed by atoms with Gasteiger partial charge in [0.15, 0.2) is 0 Å². The predicted octanol–water partition coefficient (Wildman–Crippen LogP) is 0.629. The number of methoxy groups -OCH3 is 1. The van der Waals surface area contributed by atoms with E-state index in [0.717, 1.165) is 0 Å². The summed E-state index contributed by atoms with van der Waals surface area (Å²) in [6.07, 6.45) is 0.797. The van der Waals surface area contributed by atoms with Crippen LogP contribution < -0.4 is 5.32 Å². The third-order valence-corrected chi connectivity index (χ3v) is 6.13. The quantitative estimate of drug-likeness (QED) is 0.410. The van der Waals surface area contributed by atoms with Crippen LogP contribution in [-0.4, -0.2) is 57.0 Å². The number of esters is 1. The molecule has 1 fully saturated rings. The van der Waals surface area contributed by atoms with E-state index >= 15 is 0 Å².